The van der Waals surface area contributed by atoms with E-state index in [0.717, 1.165) is 10.7 Å². The molecule has 2 aromatic carbocycles. The average molecular weight is 502 g/mol. The molecule has 0 radical (unpaired) electrons. The van der Waals surface area contributed by atoms with Crippen LogP contribution in [0.5, 0.6) is 0 Å². The molecule has 4 aromatic rings. The fraction of sp³-hybridized carbons (Fsp3) is 0.304. The molecule has 2 aliphatic rings. The Balaban J connectivity index is 1.49. The van der Waals surface area contributed by atoms with Crippen molar-refractivity contribution in [2.24, 2.45) is 0 Å². The highest BCUT2D eigenvalue weighted by molar-refractivity contribution is 5.83. The molecule has 2 aromatic heterocycles. The molecule has 2 fully saturated rings. The van der Waals surface area contributed by atoms with E-state index in [0.29, 0.717) is 19.5 Å². The number of halogens is 5. The molecule has 0 atom stereocenters. The number of rotatable bonds is 5. The van der Waals surface area contributed by atoms with Crippen LogP contribution in [0.1, 0.15) is 28.9 Å². The van der Waals surface area contributed by atoms with Crippen molar-refractivity contribution in [3.8, 4) is 0 Å². The van der Waals surface area contributed by atoms with Crippen molar-refractivity contribution in [3.63, 3.8) is 0 Å². The molecule has 0 unspecified atom stereocenters. The standard InChI is InChI=1S/C23H19F5N8/c24-22(25,15-7-2-1-3-8-15)20-29-18(35-11-10-21(13-35)32-33-21)17-19(30-20)36(34-31-17)12-14-6-4-5-9-16(14)23(26,27)28/h1-9,32-33H,10-13H2. The first-order valence-corrected chi connectivity index (χ1v) is 11.2. The summed E-state index contributed by atoms with van der Waals surface area (Å²) in [7, 11) is 0. The van der Waals surface area contributed by atoms with E-state index in [9.17, 15) is 13.2 Å². The van der Waals surface area contributed by atoms with E-state index >= 15 is 8.78 Å². The number of fused-ring (bicyclic) bond motifs is 1. The van der Waals surface area contributed by atoms with Crippen molar-refractivity contribution in [1.82, 2.24) is 35.8 Å². The summed E-state index contributed by atoms with van der Waals surface area (Å²) in [6.45, 7) is 0.595. The van der Waals surface area contributed by atoms with Crippen LogP contribution >= 0.6 is 0 Å². The van der Waals surface area contributed by atoms with E-state index < -0.39 is 23.5 Å². The monoisotopic (exact) mass is 502 g/mol. The lowest BCUT2D eigenvalue weighted by molar-refractivity contribution is -0.138. The van der Waals surface area contributed by atoms with Gasteiger partial charge in [0.15, 0.2) is 17.0 Å². The Bertz CT molecular complexity index is 1430. The molecule has 8 nitrogen and oxygen atoms in total. The van der Waals surface area contributed by atoms with Gasteiger partial charge in [0.25, 0.3) is 0 Å². The van der Waals surface area contributed by atoms with E-state index in [4.69, 9.17) is 0 Å². The van der Waals surface area contributed by atoms with Gasteiger partial charge in [-0.1, -0.05) is 53.7 Å². The van der Waals surface area contributed by atoms with Gasteiger partial charge in [-0.3, -0.25) is 0 Å². The Morgan fingerprint density at radius 1 is 0.917 bits per heavy atom. The molecule has 2 N–H and O–H groups in total. The van der Waals surface area contributed by atoms with E-state index in [1.165, 1.54) is 42.5 Å². The topological polar surface area (TPSA) is 104 Å². The van der Waals surface area contributed by atoms with Crippen LogP contribution < -0.4 is 15.8 Å². The van der Waals surface area contributed by atoms with Crippen LogP contribution in [0.15, 0.2) is 54.6 Å². The summed E-state index contributed by atoms with van der Waals surface area (Å²) in [4.78, 5) is 10.1. The van der Waals surface area contributed by atoms with E-state index in [1.807, 2.05) is 0 Å². The van der Waals surface area contributed by atoms with Gasteiger partial charge in [-0.05, 0) is 11.6 Å². The molecule has 6 rings (SSSR count). The highest BCUT2D eigenvalue weighted by Gasteiger charge is 2.49. The molecule has 4 heterocycles. The third kappa shape index (κ3) is 3.84. The van der Waals surface area contributed by atoms with Crippen LogP contribution in [-0.4, -0.2) is 43.7 Å². The zero-order valence-electron chi connectivity index (χ0n) is 18.6. The summed E-state index contributed by atoms with van der Waals surface area (Å²) < 4.78 is 72.9. The van der Waals surface area contributed by atoms with Gasteiger partial charge in [0.05, 0.1) is 18.7 Å². The number of anilines is 1. The maximum absolute atomic E-state index is 15.6. The third-order valence-corrected chi connectivity index (χ3v) is 6.45. The van der Waals surface area contributed by atoms with Crippen LogP contribution in [0.2, 0.25) is 0 Å². The van der Waals surface area contributed by atoms with Crippen LogP contribution in [0.4, 0.5) is 27.8 Å². The normalized spacial score (nSPS) is 17.3. The van der Waals surface area contributed by atoms with Gasteiger partial charge in [-0.25, -0.2) is 25.5 Å². The predicted molar refractivity (Wildman–Crippen MR) is 119 cm³/mol. The zero-order chi connectivity index (χ0) is 25.1. The lowest BCUT2D eigenvalue weighted by Crippen LogP contribution is -2.28. The van der Waals surface area contributed by atoms with Crippen molar-refractivity contribution in [3.05, 3.63) is 77.1 Å². The van der Waals surface area contributed by atoms with Crippen LogP contribution in [0.25, 0.3) is 11.2 Å². The molecule has 0 saturated carbocycles. The van der Waals surface area contributed by atoms with Crippen molar-refractivity contribution >= 4 is 17.0 Å². The zero-order valence-corrected chi connectivity index (χ0v) is 18.6. The second-order valence-electron chi connectivity index (χ2n) is 8.89. The second kappa shape index (κ2) is 7.90. The fourth-order valence-corrected chi connectivity index (χ4v) is 4.47. The quantitative estimate of drug-likeness (QED) is 0.318. The maximum atomic E-state index is 15.6. The highest BCUT2D eigenvalue weighted by Crippen LogP contribution is 2.38. The van der Waals surface area contributed by atoms with Gasteiger partial charge in [0, 0.05) is 18.5 Å². The molecule has 0 amide bonds. The number of aromatic nitrogens is 5. The second-order valence-corrected chi connectivity index (χ2v) is 8.89. The number of alkyl halides is 5. The number of hydrogen-bond donors (Lipinski definition) is 2. The first kappa shape index (κ1) is 22.7. The predicted octanol–water partition coefficient (Wildman–Crippen LogP) is 3.44. The van der Waals surface area contributed by atoms with E-state index in [1.54, 1.807) is 11.0 Å². The lowest BCUT2D eigenvalue weighted by atomic mass is 10.1. The van der Waals surface area contributed by atoms with Crippen molar-refractivity contribution in [2.45, 2.75) is 30.7 Å². The summed E-state index contributed by atoms with van der Waals surface area (Å²) in [5, 5.41) is 8.08. The Morgan fingerprint density at radius 2 is 1.64 bits per heavy atom. The third-order valence-electron chi connectivity index (χ3n) is 6.45. The first-order valence-electron chi connectivity index (χ1n) is 11.2. The first-order chi connectivity index (χ1) is 17.2. The number of hydrazine groups is 1. The largest absolute Gasteiger partial charge is 0.416 e. The summed E-state index contributed by atoms with van der Waals surface area (Å²) in [6.07, 6.45) is -3.89. The van der Waals surface area contributed by atoms with Crippen molar-refractivity contribution in [1.29, 1.82) is 0 Å². The molecular weight excluding hydrogens is 483 g/mol. The molecule has 0 bridgehead atoms. The fourth-order valence-electron chi connectivity index (χ4n) is 4.47. The van der Waals surface area contributed by atoms with Gasteiger partial charge in [-0.15, -0.1) is 5.10 Å². The van der Waals surface area contributed by atoms with Crippen LogP contribution in [-0.2, 0) is 18.6 Å². The Kier molecular flexibility index (Phi) is 4.99. The van der Waals surface area contributed by atoms with Gasteiger partial charge in [0.2, 0.25) is 5.82 Å². The lowest BCUT2D eigenvalue weighted by Gasteiger charge is -2.21. The Labute approximate surface area is 201 Å². The summed E-state index contributed by atoms with van der Waals surface area (Å²) in [5.41, 5.74) is 4.64. The number of hydrogen-bond acceptors (Lipinski definition) is 7. The molecule has 1 spiro atoms. The number of benzene rings is 2. The minimum Gasteiger partial charge on any atom is -0.351 e. The molecule has 2 saturated heterocycles. The van der Waals surface area contributed by atoms with Gasteiger partial charge in [-0.2, -0.15) is 22.0 Å². The molecule has 2 aliphatic heterocycles. The minimum atomic E-state index is -4.59. The van der Waals surface area contributed by atoms with Gasteiger partial charge in [0.1, 0.15) is 5.66 Å². The summed E-state index contributed by atoms with van der Waals surface area (Å²) in [6, 6.07) is 12.2. The Morgan fingerprint density at radius 3 is 2.33 bits per heavy atom. The van der Waals surface area contributed by atoms with E-state index in [-0.39, 0.29) is 40.3 Å². The smallest absolute Gasteiger partial charge is 0.351 e. The molecule has 0 aliphatic carbocycles. The highest BCUT2D eigenvalue weighted by atomic mass is 19.4. The van der Waals surface area contributed by atoms with Crippen molar-refractivity contribution in [2.75, 3.05) is 18.0 Å². The maximum Gasteiger partial charge on any atom is 0.416 e. The molecular formula is C23H19F5N8. The summed E-state index contributed by atoms with van der Waals surface area (Å²) in [5.74, 6) is -4.17. The van der Waals surface area contributed by atoms with Gasteiger partial charge < -0.3 is 4.90 Å². The van der Waals surface area contributed by atoms with Crippen LogP contribution in [0, 0.1) is 0 Å². The van der Waals surface area contributed by atoms with Gasteiger partial charge >= 0.3 is 12.1 Å². The van der Waals surface area contributed by atoms with Crippen molar-refractivity contribution < 1.29 is 22.0 Å². The minimum absolute atomic E-state index is 0.0692. The van der Waals surface area contributed by atoms with Crippen LogP contribution in [0.3, 0.4) is 0 Å². The molecule has 186 valence electrons. The SMILES string of the molecule is FC(F)(F)c1ccccc1Cn1nnc2c(N3CCC4(C3)NN4)nc(C(F)(F)c3ccccc3)nc21. The van der Waals surface area contributed by atoms with E-state index in [2.05, 4.69) is 31.1 Å². The summed E-state index contributed by atoms with van der Waals surface area (Å²) >= 11 is 0. The average Bonchev–Trinajstić information content (AvgIpc) is 3.30. The molecule has 36 heavy (non-hydrogen) atoms. The number of nitrogens with zero attached hydrogens (tertiary/aromatic N) is 6. The molecule has 13 heteroatoms. The Hall–Kier alpha value is -3.71. The number of nitrogens with one attached hydrogen (secondary N) is 2.